The number of esters is 1. The Balaban J connectivity index is 2.39. The van der Waals surface area contributed by atoms with E-state index in [-0.39, 0.29) is 12.2 Å². The number of hydrogen-bond acceptors (Lipinski definition) is 4. The molecule has 0 aliphatic rings. The van der Waals surface area contributed by atoms with E-state index in [2.05, 4.69) is 5.10 Å². The van der Waals surface area contributed by atoms with Gasteiger partial charge in [0, 0.05) is 6.20 Å². The van der Waals surface area contributed by atoms with Crippen LogP contribution in [-0.4, -0.2) is 22.4 Å². The molecule has 0 amide bonds. The smallest absolute Gasteiger partial charge is 0.345 e. The van der Waals surface area contributed by atoms with E-state index in [4.69, 9.17) is 10.00 Å². The summed E-state index contributed by atoms with van der Waals surface area (Å²) < 4.78 is 5.99. The van der Waals surface area contributed by atoms with Gasteiger partial charge in [-0.1, -0.05) is 0 Å². The molecule has 0 spiro atoms. The molecular formula is C13H11N3O3. The molecule has 6 heteroatoms. The summed E-state index contributed by atoms with van der Waals surface area (Å²) in [5.74, 6) is -0.656. The van der Waals surface area contributed by atoms with Crippen LogP contribution in [0.5, 0.6) is 0 Å². The lowest BCUT2D eigenvalue weighted by Gasteiger charge is -2.00. The van der Waals surface area contributed by atoms with Gasteiger partial charge in [0.25, 0.3) is 5.56 Å². The van der Waals surface area contributed by atoms with Crippen LogP contribution in [-0.2, 0) is 4.74 Å². The lowest BCUT2D eigenvalue weighted by molar-refractivity contribution is 0.0525. The van der Waals surface area contributed by atoms with Crippen molar-refractivity contribution in [2.24, 2.45) is 0 Å². The van der Waals surface area contributed by atoms with Crippen molar-refractivity contribution in [1.29, 1.82) is 5.26 Å². The van der Waals surface area contributed by atoms with Crippen LogP contribution in [0.3, 0.4) is 0 Å². The van der Waals surface area contributed by atoms with Gasteiger partial charge in [0.2, 0.25) is 0 Å². The van der Waals surface area contributed by atoms with Crippen molar-refractivity contribution in [1.82, 2.24) is 9.78 Å². The van der Waals surface area contributed by atoms with Crippen molar-refractivity contribution in [3.63, 3.8) is 0 Å². The minimum atomic E-state index is -0.656. The van der Waals surface area contributed by atoms with Gasteiger partial charge in [0.05, 0.1) is 23.9 Å². The molecule has 1 aromatic heterocycles. The number of rotatable bonds is 3. The van der Waals surface area contributed by atoms with Crippen molar-refractivity contribution in [2.45, 2.75) is 6.92 Å². The molecule has 0 aliphatic heterocycles. The third kappa shape index (κ3) is 2.40. The Labute approximate surface area is 108 Å². The van der Waals surface area contributed by atoms with E-state index in [1.54, 1.807) is 31.2 Å². The summed E-state index contributed by atoms with van der Waals surface area (Å²) in [4.78, 5) is 23.5. The van der Waals surface area contributed by atoms with E-state index in [9.17, 15) is 9.59 Å². The lowest BCUT2D eigenvalue weighted by Crippen LogP contribution is -2.21. The average molecular weight is 257 g/mol. The molecule has 0 aliphatic carbocycles. The zero-order valence-electron chi connectivity index (χ0n) is 10.2. The zero-order valence-corrected chi connectivity index (χ0v) is 10.2. The number of aromatic nitrogens is 2. The van der Waals surface area contributed by atoms with Crippen molar-refractivity contribution >= 4 is 5.97 Å². The predicted octanol–water partition coefficient (Wildman–Crippen LogP) is 1.21. The average Bonchev–Trinajstić information content (AvgIpc) is 2.81. The molecular weight excluding hydrogens is 246 g/mol. The molecule has 0 fully saturated rings. The Kier molecular flexibility index (Phi) is 3.48. The molecule has 0 saturated heterocycles. The minimum absolute atomic E-state index is 0.0498. The molecule has 0 bridgehead atoms. The fraction of sp³-hybridized carbons (Fsp3) is 0.154. The standard InChI is InChI=1S/C13H11N3O3/c1-2-19-13(18)11-8-15-16(12(11)17)10-5-3-9(7-14)4-6-10/h3-6,8,15H,2H2,1H3. The second-order valence-corrected chi connectivity index (χ2v) is 3.71. The number of aromatic amines is 1. The third-order valence-corrected chi connectivity index (χ3v) is 2.52. The number of nitrogens with one attached hydrogen (secondary N) is 1. The molecule has 6 nitrogen and oxygen atoms in total. The van der Waals surface area contributed by atoms with E-state index < -0.39 is 11.5 Å². The highest BCUT2D eigenvalue weighted by molar-refractivity contribution is 5.88. The number of carbonyl (C=O) groups excluding carboxylic acids is 1. The van der Waals surface area contributed by atoms with Crippen LogP contribution in [0.2, 0.25) is 0 Å². The van der Waals surface area contributed by atoms with Crippen LogP contribution < -0.4 is 5.56 Å². The highest BCUT2D eigenvalue weighted by Crippen LogP contribution is 2.07. The summed E-state index contributed by atoms with van der Waals surface area (Å²) in [6.07, 6.45) is 1.30. The van der Waals surface area contributed by atoms with Crippen LogP contribution in [0.25, 0.3) is 5.69 Å². The Bertz CT molecular complexity index is 689. The highest BCUT2D eigenvalue weighted by Gasteiger charge is 2.15. The number of nitriles is 1. The normalized spacial score (nSPS) is 9.89. The van der Waals surface area contributed by atoms with Crippen molar-refractivity contribution in [3.8, 4) is 11.8 Å². The Morgan fingerprint density at radius 2 is 2.11 bits per heavy atom. The maximum Gasteiger partial charge on any atom is 0.345 e. The van der Waals surface area contributed by atoms with E-state index in [0.717, 1.165) is 0 Å². The first kappa shape index (κ1) is 12.6. The Morgan fingerprint density at radius 1 is 1.42 bits per heavy atom. The largest absolute Gasteiger partial charge is 0.462 e. The first-order valence-electron chi connectivity index (χ1n) is 5.65. The molecule has 0 radical (unpaired) electrons. The summed E-state index contributed by atoms with van der Waals surface area (Å²) in [5, 5.41) is 11.4. The third-order valence-electron chi connectivity index (χ3n) is 2.52. The summed E-state index contributed by atoms with van der Waals surface area (Å²) in [5.41, 5.74) is 0.503. The van der Waals surface area contributed by atoms with Gasteiger partial charge >= 0.3 is 5.97 Å². The van der Waals surface area contributed by atoms with Crippen LogP contribution in [0.1, 0.15) is 22.8 Å². The van der Waals surface area contributed by atoms with E-state index in [1.807, 2.05) is 6.07 Å². The van der Waals surface area contributed by atoms with Gasteiger partial charge in [0.1, 0.15) is 5.56 Å². The van der Waals surface area contributed by atoms with Crippen molar-refractivity contribution < 1.29 is 9.53 Å². The molecule has 96 valence electrons. The number of nitrogens with zero attached hydrogens (tertiary/aromatic N) is 2. The highest BCUT2D eigenvalue weighted by atomic mass is 16.5. The van der Waals surface area contributed by atoms with Crippen LogP contribution >= 0.6 is 0 Å². The lowest BCUT2D eigenvalue weighted by atomic mass is 10.2. The summed E-state index contributed by atoms with van der Waals surface area (Å²) in [6, 6.07) is 8.40. The summed E-state index contributed by atoms with van der Waals surface area (Å²) in [6.45, 7) is 1.88. The molecule has 1 N–H and O–H groups in total. The molecule has 19 heavy (non-hydrogen) atoms. The first-order valence-corrected chi connectivity index (χ1v) is 5.65. The quantitative estimate of drug-likeness (QED) is 0.837. The minimum Gasteiger partial charge on any atom is -0.462 e. The van der Waals surface area contributed by atoms with Gasteiger partial charge in [-0.3, -0.25) is 9.89 Å². The van der Waals surface area contributed by atoms with Gasteiger partial charge in [-0.2, -0.15) is 5.26 Å². The van der Waals surface area contributed by atoms with Crippen molar-refractivity contribution in [2.75, 3.05) is 6.61 Å². The molecule has 0 saturated carbocycles. The molecule has 2 aromatic rings. The number of ether oxygens (including phenoxy) is 1. The number of benzene rings is 1. The monoisotopic (exact) mass is 257 g/mol. The topological polar surface area (TPSA) is 87.9 Å². The number of H-pyrrole nitrogens is 1. The second kappa shape index (κ2) is 5.23. The molecule has 1 heterocycles. The Morgan fingerprint density at radius 3 is 2.68 bits per heavy atom. The first-order chi connectivity index (χ1) is 9.17. The fourth-order valence-corrected chi connectivity index (χ4v) is 1.60. The molecule has 0 atom stereocenters. The predicted molar refractivity (Wildman–Crippen MR) is 67.1 cm³/mol. The van der Waals surface area contributed by atoms with Gasteiger partial charge in [-0.15, -0.1) is 0 Å². The zero-order chi connectivity index (χ0) is 13.8. The fourth-order valence-electron chi connectivity index (χ4n) is 1.60. The summed E-state index contributed by atoms with van der Waals surface area (Å²) >= 11 is 0. The van der Waals surface area contributed by atoms with Gasteiger partial charge in [-0.25, -0.2) is 9.48 Å². The van der Waals surface area contributed by atoms with E-state index >= 15 is 0 Å². The van der Waals surface area contributed by atoms with Crippen LogP contribution in [0, 0.1) is 11.3 Å². The van der Waals surface area contributed by atoms with E-state index in [1.165, 1.54) is 10.9 Å². The maximum atomic E-state index is 12.0. The molecule has 1 aromatic carbocycles. The number of hydrogen-bond donors (Lipinski definition) is 1. The maximum absolute atomic E-state index is 12.0. The Hall–Kier alpha value is -2.81. The van der Waals surface area contributed by atoms with Gasteiger partial charge < -0.3 is 4.74 Å². The van der Waals surface area contributed by atoms with Gasteiger partial charge in [-0.05, 0) is 31.2 Å². The van der Waals surface area contributed by atoms with Gasteiger partial charge in [0.15, 0.2) is 0 Å². The van der Waals surface area contributed by atoms with Crippen LogP contribution in [0.15, 0.2) is 35.3 Å². The molecule has 2 rings (SSSR count). The van der Waals surface area contributed by atoms with Crippen molar-refractivity contribution in [3.05, 3.63) is 51.9 Å². The molecule has 0 unspecified atom stereocenters. The number of carbonyl (C=O) groups is 1. The summed E-state index contributed by atoms with van der Waals surface area (Å²) in [7, 11) is 0. The SMILES string of the molecule is CCOC(=O)c1c[nH]n(-c2ccc(C#N)cc2)c1=O. The second-order valence-electron chi connectivity index (χ2n) is 3.71. The van der Waals surface area contributed by atoms with Crippen LogP contribution in [0.4, 0.5) is 0 Å². The van der Waals surface area contributed by atoms with E-state index in [0.29, 0.717) is 11.3 Å².